The normalized spacial score (nSPS) is 10.4. The van der Waals surface area contributed by atoms with Gasteiger partial charge in [-0.05, 0) is 24.3 Å². The number of hydrogen-bond acceptors (Lipinski definition) is 5. The summed E-state index contributed by atoms with van der Waals surface area (Å²) in [6, 6.07) is 0.175. The second-order valence-corrected chi connectivity index (χ2v) is 3.53. The van der Waals surface area contributed by atoms with Crippen LogP contribution in [-0.4, -0.2) is 38.7 Å². The van der Waals surface area contributed by atoms with Crippen LogP contribution in [0.5, 0.6) is 0 Å². The van der Waals surface area contributed by atoms with Crippen LogP contribution in [0.3, 0.4) is 0 Å². The van der Waals surface area contributed by atoms with Crippen LogP contribution >= 0.6 is 0 Å². The van der Waals surface area contributed by atoms with Crippen LogP contribution in [0.15, 0.2) is 0 Å². The minimum absolute atomic E-state index is 0.0210. The number of nitrogens with zero attached hydrogens (tertiary/aromatic N) is 4. The molecule has 1 amide bonds. The number of carbonyl (C=O) groups is 1. The van der Waals surface area contributed by atoms with Crippen molar-refractivity contribution in [1.82, 2.24) is 25.5 Å². The fourth-order valence-electron chi connectivity index (χ4n) is 1.06. The lowest BCUT2D eigenvalue weighted by Crippen LogP contribution is -2.31. The van der Waals surface area contributed by atoms with E-state index in [9.17, 15) is 4.79 Å². The van der Waals surface area contributed by atoms with E-state index in [1.54, 1.807) is 7.05 Å². The molecule has 0 saturated heterocycles. The summed E-state index contributed by atoms with van der Waals surface area (Å²) in [7, 11) is 1.73. The maximum Gasteiger partial charge on any atom is 0.242 e. The van der Waals surface area contributed by atoms with E-state index in [-0.39, 0.29) is 11.9 Å². The molecule has 0 aromatic carbocycles. The first-order valence-corrected chi connectivity index (χ1v) is 4.85. The third kappa shape index (κ3) is 3.92. The highest BCUT2D eigenvalue weighted by Gasteiger charge is 2.04. The van der Waals surface area contributed by atoms with Crippen molar-refractivity contribution in [3.8, 4) is 0 Å². The van der Waals surface area contributed by atoms with Crippen LogP contribution in [0.2, 0.25) is 0 Å². The molecule has 7 nitrogen and oxygen atoms in total. The monoisotopic (exact) mass is 212 g/mol. The molecule has 0 bridgehead atoms. The van der Waals surface area contributed by atoms with E-state index in [0.717, 1.165) is 0 Å². The summed E-state index contributed by atoms with van der Waals surface area (Å²) in [6.07, 6.45) is 0.408. The van der Waals surface area contributed by atoms with Crippen LogP contribution in [0.1, 0.15) is 20.3 Å². The summed E-state index contributed by atoms with van der Waals surface area (Å²) in [5, 5.41) is 16.6. The quantitative estimate of drug-likeness (QED) is 0.689. The van der Waals surface area contributed by atoms with Gasteiger partial charge < -0.3 is 10.6 Å². The largest absolute Gasteiger partial charge is 0.354 e. The van der Waals surface area contributed by atoms with Crippen molar-refractivity contribution < 1.29 is 4.79 Å². The fourth-order valence-corrected chi connectivity index (χ4v) is 1.06. The molecule has 1 heterocycles. The topological polar surface area (TPSA) is 84.7 Å². The molecule has 0 aliphatic carbocycles. The molecular weight excluding hydrogens is 196 g/mol. The number of amides is 1. The Kier molecular flexibility index (Phi) is 4.02. The summed E-state index contributed by atoms with van der Waals surface area (Å²) in [5.41, 5.74) is 0. The smallest absolute Gasteiger partial charge is 0.242 e. The average Bonchev–Trinajstić information content (AvgIpc) is 2.50. The number of rotatable bonds is 5. The number of aromatic nitrogens is 4. The van der Waals surface area contributed by atoms with Crippen molar-refractivity contribution in [2.24, 2.45) is 7.05 Å². The van der Waals surface area contributed by atoms with Crippen LogP contribution < -0.4 is 10.6 Å². The molecule has 0 fully saturated rings. The molecule has 0 radical (unpaired) electrons. The van der Waals surface area contributed by atoms with E-state index in [0.29, 0.717) is 18.9 Å². The molecule has 0 unspecified atom stereocenters. The highest BCUT2D eigenvalue weighted by molar-refractivity contribution is 5.76. The van der Waals surface area contributed by atoms with Gasteiger partial charge in [0.15, 0.2) is 0 Å². The van der Waals surface area contributed by atoms with Gasteiger partial charge in [0.05, 0.1) is 0 Å². The lowest BCUT2D eigenvalue weighted by molar-refractivity contribution is -0.121. The lowest BCUT2D eigenvalue weighted by Gasteiger charge is -2.08. The summed E-state index contributed by atoms with van der Waals surface area (Å²) in [4.78, 5) is 11.3. The van der Waals surface area contributed by atoms with Crippen molar-refractivity contribution in [2.75, 3.05) is 11.9 Å². The number of anilines is 1. The van der Waals surface area contributed by atoms with Gasteiger partial charge >= 0.3 is 0 Å². The Bertz CT molecular complexity index is 321. The van der Waals surface area contributed by atoms with Crippen molar-refractivity contribution in [3.63, 3.8) is 0 Å². The van der Waals surface area contributed by atoms with Crippen molar-refractivity contribution in [3.05, 3.63) is 0 Å². The van der Waals surface area contributed by atoms with Gasteiger partial charge in [-0.2, -0.15) is 0 Å². The number of hydrogen-bond donors (Lipinski definition) is 2. The third-order valence-corrected chi connectivity index (χ3v) is 1.70. The molecule has 1 aromatic rings. The summed E-state index contributed by atoms with van der Waals surface area (Å²) < 4.78 is 1.51. The Labute approximate surface area is 88.2 Å². The zero-order valence-corrected chi connectivity index (χ0v) is 9.19. The Morgan fingerprint density at radius 3 is 2.80 bits per heavy atom. The number of carbonyl (C=O) groups excluding carboxylic acids is 1. The molecule has 0 aliphatic rings. The maximum absolute atomic E-state index is 11.3. The zero-order chi connectivity index (χ0) is 11.3. The van der Waals surface area contributed by atoms with Gasteiger partial charge in [0, 0.05) is 26.1 Å². The highest BCUT2D eigenvalue weighted by Crippen LogP contribution is 1.95. The molecule has 0 atom stereocenters. The van der Waals surface area contributed by atoms with Crippen LogP contribution in [-0.2, 0) is 11.8 Å². The first kappa shape index (κ1) is 11.4. The second-order valence-electron chi connectivity index (χ2n) is 3.53. The molecule has 0 saturated carbocycles. The van der Waals surface area contributed by atoms with Gasteiger partial charge in [-0.15, -0.1) is 0 Å². The molecular formula is C8H16N6O. The zero-order valence-electron chi connectivity index (χ0n) is 9.19. The predicted molar refractivity (Wildman–Crippen MR) is 55.2 cm³/mol. The van der Waals surface area contributed by atoms with Crippen LogP contribution in [0, 0.1) is 0 Å². The van der Waals surface area contributed by atoms with Crippen LogP contribution in [0.4, 0.5) is 5.95 Å². The minimum atomic E-state index is 0.0210. The SMILES string of the molecule is CC(C)NC(=O)CCNc1nnnn1C. The fraction of sp³-hybridized carbons (Fsp3) is 0.750. The van der Waals surface area contributed by atoms with E-state index in [1.807, 2.05) is 13.8 Å². The van der Waals surface area contributed by atoms with Crippen LogP contribution in [0.25, 0.3) is 0 Å². The molecule has 2 N–H and O–H groups in total. The highest BCUT2D eigenvalue weighted by atomic mass is 16.1. The lowest BCUT2D eigenvalue weighted by atomic mass is 10.3. The Morgan fingerprint density at radius 2 is 2.27 bits per heavy atom. The maximum atomic E-state index is 11.3. The molecule has 1 aromatic heterocycles. The van der Waals surface area contributed by atoms with Gasteiger partial charge in [0.2, 0.25) is 11.9 Å². The average molecular weight is 212 g/mol. The van der Waals surface area contributed by atoms with Crippen molar-refractivity contribution >= 4 is 11.9 Å². The molecule has 0 aliphatic heterocycles. The molecule has 7 heteroatoms. The Morgan fingerprint density at radius 1 is 1.53 bits per heavy atom. The number of tetrazole rings is 1. The van der Waals surface area contributed by atoms with Crippen molar-refractivity contribution in [1.29, 1.82) is 0 Å². The first-order valence-electron chi connectivity index (χ1n) is 4.85. The Hall–Kier alpha value is -1.66. The van der Waals surface area contributed by atoms with Gasteiger partial charge in [-0.25, -0.2) is 4.68 Å². The summed E-state index contributed by atoms with van der Waals surface area (Å²) in [5.74, 6) is 0.583. The van der Waals surface area contributed by atoms with E-state index in [4.69, 9.17) is 0 Å². The predicted octanol–water partition coefficient (Wildman–Crippen LogP) is -0.463. The standard InChI is InChI=1S/C8H16N6O/c1-6(2)10-7(15)4-5-9-8-11-12-13-14(8)3/h6H,4-5H2,1-3H3,(H,10,15)(H,9,11,13). The van der Waals surface area contributed by atoms with E-state index >= 15 is 0 Å². The third-order valence-electron chi connectivity index (χ3n) is 1.70. The number of nitrogens with one attached hydrogen (secondary N) is 2. The molecule has 15 heavy (non-hydrogen) atoms. The molecule has 1 rings (SSSR count). The first-order chi connectivity index (χ1) is 7.09. The van der Waals surface area contributed by atoms with E-state index in [2.05, 4.69) is 26.2 Å². The molecule has 0 spiro atoms. The van der Waals surface area contributed by atoms with Gasteiger partial charge in [-0.1, -0.05) is 5.10 Å². The van der Waals surface area contributed by atoms with Gasteiger partial charge in [-0.3, -0.25) is 4.79 Å². The summed E-state index contributed by atoms with van der Waals surface area (Å²) >= 11 is 0. The summed E-state index contributed by atoms with van der Waals surface area (Å²) in [6.45, 7) is 4.38. The van der Waals surface area contributed by atoms with Gasteiger partial charge in [0.1, 0.15) is 0 Å². The minimum Gasteiger partial charge on any atom is -0.354 e. The number of aryl methyl sites for hydroxylation is 1. The van der Waals surface area contributed by atoms with Crippen molar-refractivity contribution in [2.45, 2.75) is 26.3 Å². The van der Waals surface area contributed by atoms with E-state index < -0.39 is 0 Å². The molecule has 84 valence electrons. The Balaban J connectivity index is 2.22. The van der Waals surface area contributed by atoms with Gasteiger partial charge in [0.25, 0.3) is 0 Å². The second kappa shape index (κ2) is 5.28. The van der Waals surface area contributed by atoms with E-state index in [1.165, 1.54) is 4.68 Å².